The molecule has 3 aliphatic rings. The number of carbonyl (C=O) groups is 2. The number of carboxylic acids is 1. The summed E-state index contributed by atoms with van der Waals surface area (Å²) in [6, 6.07) is 6.83. The van der Waals surface area contributed by atoms with Crippen LogP contribution in [0.25, 0.3) is 0 Å². The van der Waals surface area contributed by atoms with Crippen LogP contribution in [0, 0.1) is 5.82 Å². The fraction of sp³-hybridized carbons (Fsp3) is 0.636. The molecule has 6 nitrogen and oxygen atoms in total. The maximum absolute atomic E-state index is 13.0. The van der Waals surface area contributed by atoms with Gasteiger partial charge in [0.05, 0.1) is 12.0 Å². The second kappa shape index (κ2) is 10.2. The van der Waals surface area contributed by atoms with Crippen LogP contribution in [-0.2, 0) is 20.7 Å². The van der Waals surface area contributed by atoms with E-state index < -0.39 is 12.1 Å². The summed E-state index contributed by atoms with van der Waals surface area (Å²) in [4.78, 5) is 26.1. The predicted octanol–water partition coefficient (Wildman–Crippen LogP) is 3.25. The Bertz CT molecular complexity index is 796. The highest BCUT2D eigenvalue weighted by Gasteiger charge is 2.45. The number of rotatable bonds is 3. The number of nitrogens with zero attached hydrogens (tertiary/aromatic N) is 2. The number of alkyl halides is 3. The number of likely N-dealkylation sites (tertiary alicyclic amines) is 2. The lowest BCUT2D eigenvalue weighted by Crippen LogP contribution is -2.49. The predicted molar refractivity (Wildman–Crippen MR) is 108 cm³/mol. The first kappa shape index (κ1) is 24.4. The molecule has 1 amide bonds. The van der Waals surface area contributed by atoms with Crippen LogP contribution in [0.2, 0.25) is 0 Å². The molecule has 1 N–H and O–H groups in total. The van der Waals surface area contributed by atoms with Crippen LogP contribution in [0.3, 0.4) is 0 Å². The molecule has 3 heterocycles. The first-order valence-corrected chi connectivity index (χ1v) is 10.8. The van der Waals surface area contributed by atoms with Crippen LogP contribution < -0.4 is 0 Å². The van der Waals surface area contributed by atoms with Gasteiger partial charge in [0.25, 0.3) is 0 Å². The van der Waals surface area contributed by atoms with Crippen molar-refractivity contribution in [1.82, 2.24) is 9.80 Å². The highest BCUT2D eigenvalue weighted by atomic mass is 19.4. The maximum Gasteiger partial charge on any atom is 0.490 e. The van der Waals surface area contributed by atoms with E-state index in [1.165, 1.54) is 38.1 Å². The summed E-state index contributed by atoms with van der Waals surface area (Å²) < 4.78 is 50.9. The van der Waals surface area contributed by atoms with E-state index in [1.54, 1.807) is 12.1 Å². The van der Waals surface area contributed by atoms with Crippen LogP contribution in [-0.4, -0.2) is 77.4 Å². The molecule has 3 fully saturated rings. The molecular formula is C22H28F4N2O4. The fourth-order valence-corrected chi connectivity index (χ4v) is 4.65. The number of aliphatic carboxylic acids is 1. The van der Waals surface area contributed by atoms with Crippen LogP contribution in [0.15, 0.2) is 24.3 Å². The van der Waals surface area contributed by atoms with Crippen molar-refractivity contribution < 1.29 is 37.0 Å². The van der Waals surface area contributed by atoms with Crippen molar-refractivity contribution >= 4 is 11.9 Å². The first-order chi connectivity index (χ1) is 15.1. The zero-order valence-electron chi connectivity index (χ0n) is 17.7. The van der Waals surface area contributed by atoms with E-state index >= 15 is 0 Å². The maximum atomic E-state index is 13.0. The number of carbonyl (C=O) groups excluding carboxylic acids is 1. The van der Waals surface area contributed by atoms with Gasteiger partial charge in [-0.3, -0.25) is 4.79 Å². The van der Waals surface area contributed by atoms with E-state index in [4.69, 9.17) is 14.6 Å². The third-order valence-electron chi connectivity index (χ3n) is 6.30. The van der Waals surface area contributed by atoms with Gasteiger partial charge in [-0.25, -0.2) is 9.18 Å². The van der Waals surface area contributed by atoms with Crippen LogP contribution in [0.1, 0.15) is 37.7 Å². The van der Waals surface area contributed by atoms with Crippen molar-refractivity contribution in [2.45, 2.75) is 56.3 Å². The third kappa shape index (κ3) is 6.41. The molecule has 1 aromatic carbocycles. The van der Waals surface area contributed by atoms with Gasteiger partial charge in [-0.15, -0.1) is 0 Å². The average Bonchev–Trinajstić information content (AvgIpc) is 3.40. The zero-order valence-corrected chi connectivity index (χ0v) is 17.7. The smallest absolute Gasteiger partial charge is 0.475 e. The molecule has 0 aromatic heterocycles. The highest BCUT2D eigenvalue weighted by molar-refractivity contribution is 5.79. The van der Waals surface area contributed by atoms with Gasteiger partial charge in [-0.2, -0.15) is 13.2 Å². The topological polar surface area (TPSA) is 70.1 Å². The number of amides is 1. The van der Waals surface area contributed by atoms with E-state index in [1.807, 2.05) is 4.90 Å². The van der Waals surface area contributed by atoms with Crippen molar-refractivity contribution in [3.05, 3.63) is 35.6 Å². The Balaban J connectivity index is 0.000000360. The van der Waals surface area contributed by atoms with Crippen molar-refractivity contribution in [1.29, 1.82) is 0 Å². The van der Waals surface area contributed by atoms with Gasteiger partial charge in [0.2, 0.25) is 5.91 Å². The van der Waals surface area contributed by atoms with Crippen LogP contribution in [0.4, 0.5) is 17.6 Å². The van der Waals surface area contributed by atoms with Gasteiger partial charge in [-0.1, -0.05) is 12.1 Å². The molecule has 1 aromatic rings. The van der Waals surface area contributed by atoms with E-state index in [-0.39, 0.29) is 17.3 Å². The minimum absolute atomic E-state index is 0.121. The number of hydrogen-bond donors (Lipinski definition) is 1. The molecule has 4 rings (SSSR count). The highest BCUT2D eigenvalue weighted by Crippen LogP contribution is 2.37. The Morgan fingerprint density at radius 2 is 1.75 bits per heavy atom. The summed E-state index contributed by atoms with van der Waals surface area (Å²) in [5.41, 5.74) is 0.719. The number of halogens is 4. The van der Waals surface area contributed by atoms with Crippen molar-refractivity contribution in [3.8, 4) is 0 Å². The van der Waals surface area contributed by atoms with Crippen molar-refractivity contribution in [2.24, 2.45) is 0 Å². The minimum Gasteiger partial charge on any atom is -0.475 e. The molecule has 0 aliphatic carbocycles. The second-order valence-corrected chi connectivity index (χ2v) is 8.59. The quantitative estimate of drug-likeness (QED) is 0.702. The van der Waals surface area contributed by atoms with Crippen LogP contribution >= 0.6 is 0 Å². The standard InChI is InChI=1S/C20H27FN2O2.C2HF3O2/c21-17-5-3-16(4-6-17)13-19(24)23-11-8-20(15-23)14-18(7-12-25-20)22-9-1-2-10-22;3-2(4,5)1(6)7/h3-6,18H,1-2,7-15H2;(H,6,7)/t18-,20+;/m0./s1. The lowest BCUT2D eigenvalue weighted by atomic mass is 9.89. The Kier molecular flexibility index (Phi) is 7.76. The monoisotopic (exact) mass is 460 g/mol. The zero-order chi connectivity index (χ0) is 23.4. The molecular weight excluding hydrogens is 432 g/mol. The molecule has 0 unspecified atom stereocenters. The Morgan fingerprint density at radius 3 is 2.34 bits per heavy atom. The van der Waals surface area contributed by atoms with E-state index in [0.29, 0.717) is 19.0 Å². The normalized spacial score (nSPS) is 26.1. The Labute approximate surface area is 184 Å². The first-order valence-electron chi connectivity index (χ1n) is 10.8. The number of hydrogen-bond acceptors (Lipinski definition) is 4. The molecule has 10 heteroatoms. The summed E-state index contributed by atoms with van der Waals surface area (Å²) in [6.45, 7) is 4.72. The summed E-state index contributed by atoms with van der Waals surface area (Å²) in [7, 11) is 0. The molecule has 32 heavy (non-hydrogen) atoms. The number of carboxylic acid groups (broad SMARTS) is 1. The number of ether oxygens (including phenoxy) is 1. The van der Waals surface area contributed by atoms with Gasteiger partial charge in [-0.05, 0) is 62.9 Å². The molecule has 3 saturated heterocycles. The van der Waals surface area contributed by atoms with E-state index in [9.17, 15) is 22.4 Å². The number of benzene rings is 1. The fourth-order valence-electron chi connectivity index (χ4n) is 4.65. The summed E-state index contributed by atoms with van der Waals surface area (Å²) in [5, 5.41) is 7.12. The Morgan fingerprint density at radius 1 is 1.12 bits per heavy atom. The van der Waals surface area contributed by atoms with Gasteiger partial charge in [0.1, 0.15) is 5.82 Å². The van der Waals surface area contributed by atoms with Gasteiger partial charge in [0.15, 0.2) is 0 Å². The van der Waals surface area contributed by atoms with E-state index in [0.717, 1.165) is 38.0 Å². The van der Waals surface area contributed by atoms with E-state index in [2.05, 4.69) is 4.90 Å². The summed E-state index contributed by atoms with van der Waals surface area (Å²) in [5.74, 6) is -2.90. The molecule has 0 bridgehead atoms. The molecule has 0 saturated carbocycles. The molecule has 0 radical (unpaired) electrons. The van der Waals surface area contributed by atoms with Gasteiger partial charge < -0.3 is 19.6 Å². The molecule has 1 spiro atoms. The van der Waals surface area contributed by atoms with Crippen molar-refractivity contribution in [2.75, 3.05) is 32.8 Å². The van der Waals surface area contributed by atoms with Gasteiger partial charge in [0, 0.05) is 25.7 Å². The lowest BCUT2D eigenvalue weighted by molar-refractivity contribution is -0.192. The molecule has 2 atom stereocenters. The largest absolute Gasteiger partial charge is 0.490 e. The minimum atomic E-state index is -5.08. The summed E-state index contributed by atoms with van der Waals surface area (Å²) >= 11 is 0. The Hall–Kier alpha value is -2.20. The lowest BCUT2D eigenvalue weighted by Gasteiger charge is -2.41. The molecule has 3 aliphatic heterocycles. The van der Waals surface area contributed by atoms with Gasteiger partial charge >= 0.3 is 12.1 Å². The third-order valence-corrected chi connectivity index (χ3v) is 6.30. The van der Waals surface area contributed by atoms with Crippen molar-refractivity contribution in [3.63, 3.8) is 0 Å². The summed E-state index contributed by atoms with van der Waals surface area (Å²) in [6.07, 6.45) is 0.982. The molecule has 178 valence electrons. The SMILES string of the molecule is O=C(Cc1ccc(F)cc1)N1CC[C@@]2(C[C@@H](N3CCCC3)CCO2)C1.O=C(O)C(F)(F)F. The second-order valence-electron chi connectivity index (χ2n) is 8.59. The average molecular weight is 460 g/mol. The van der Waals surface area contributed by atoms with Crippen LogP contribution in [0.5, 0.6) is 0 Å².